The predicted octanol–water partition coefficient (Wildman–Crippen LogP) is 3.79. The first-order valence-corrected chi connectivity index (χ1v) is 6.96. The molecule has 0 radical (unpaired) electrons. The summed E-state index contributed by atoms with van der Waals surface area (Å²) in [6.07, 6.45) is 0. The molecule has 0 saturated carbocycles. The molecule has 2 aromatic rings. The van der Waals surface area contributed by atoms with Crippen molar-refractivity contribution >= 4 is 17.4 Å². The fourth-order valence-electron chi connectivity index (χ4n) is 2.06. The SMILES string of the molecule is CCn1nc(C)c(Cl)c1COc1cc(F)ccc1C(C)=O. The van der Waals surface area contributed by atoms with Crippen LogP contribution in [0.2, 0.25) is 5.02 Å². The van der Waals surface area contributed by atoms with Crippen molar-refractivity contribution in [1.82, 2.24) is 9.78 Å². The zero-order chi connectivity index (χ0) is 15.6. The summed E-state index contributed by atoms with van der Waals surface area (Å²) in [4.78, 5) is 11.5. The number of rotatable bonds is 5. The fourth-order valence-corrected chi connectivity index (χ4v) is 2.25. The molecule has 0 fully saturated rings. The molecule has 0 N–H and O–H groups in total. The summed E-state index contributed by atoms with van der Waals surface area (Å²) in [6, 6.07) is 3.85. The molecule has 0 aliphatic heterocycles. The number of hydrogen-bond donors (Lipinski definition) is 0. The van der Waals surface area contributed by atoms with Gasteiger partial charge in [0.15, 0.2) is 5.78 Å². The molecule has 0 bridgehead atoms. The van der Waals surface area contributed by atoms with Gasteiger partial charge < -0.3 is 4.74 Å². The highest BCUT2D eigenvalue weighted by Crippen LogP contribution is 2.25. The fraction of sp³-hybridized carbons (Fsp3) is 0.333. The lowest BCUT2D eigenvalue weighted by Gasteiger charge is -2.11. The summed E-state index contributed by atoms with van der Waals surface area (Å²) in [5, 5.41) is 4.81. The Bertz CT molecular complexity index is 683. The Morgan fingerprint density at radius 3 is 2.81 bits per heavy atom. The van der Waals surface area contributed by atoms with Crippen LogP contribution in [0.3, 0.4) is 0 Å². The molecule has 0 amide bonds. The van der Waals surface area contributed by atoms with Gasteiger partial charge in [0.25, 0.3) is 0 Å². The van der Waals surface area contributed by atoms with Crippen LogP contribution in [0.4, 0.5) is 4.39 Å². The van der Waals surface area contributed by atoms with Gasteiger partial charge in [-0.25, -0.2) is 4.39 Å². The first-order valence-electron chi connectivity index (χ1n) is 6.59. The van der Waals surface area contributed by atoms with Crippen molar-refractivity contribution in [2.45, 2.75) is 33.9 Å². The molecule has 1 heterocycles. The van der Waals surface area contributed by atoms with Gasteiger partial charge in [0.2, 0.25) is 0 Å². The van der Waals surface area contributed by atoms with Crippen LogP contribution in [0.15, 0.2) is 18.2 Å². The standard InChI is InChI=1S/C15H16ClFN2O2/c1-4-19-13(15(16)9(2)18-19)8-21-14-7-11(17)5-6-12(14)10(3)20/h5-7H,4,8H2,1-3H3. The van der Waals surface area contributed by atoms with Gasteiger partial charge in [-0.1, -0.05) is 11.6 Å². The largest absolute Gasteiger partial charge is 0.486 e. The molecule has 0 atom stereocenters. The number of Topliss-reactive ketones (excluding diaryl/α,β-unsaturated/α-hetero) is 1. The Morgan fingerprint density at radius 1 is 1.48 bits per heavy atom. The molecule has 4 nitrogen and oxygen atoms in total. The molecule has 112 valence electrons. The van der Waals surface area contributed by atoms with Gasteiger partial charge in [0.1, 0.15) is 18.2 Å². The number of hydrogen-bond acceptors (Lipinski definition) is 3. The second-order valence-corrected chi connectivity index (χ2v) is 5.03. The predicted molar refractivity (Wildman–Crippen MR) is 78.4 cm³/mol. The van der Waals surface area contributed by atoms with E-state index in [1.807, 2.05) is 6.92 Å². The lowest BCUT2D eigenvalue weighted by atomic mass is 10.1. The third-order valence-electron chi connectivity index (χ3n) is 3.14. The van der Waals surface area contributed by atoms with Gasteiger partial charge in [-0.3, -0.25) is 9.48 Å². The van der Waals surface area contributed by atoms with E-state index in [0.717, 1.165) is 0 Å². The Morgan fingerprint density at radius 2 is 2.19 bits per heavy atom. The van der Waals surface area contributed by atoms with Crippen LogP contribution in [-0.2, 0) is 13.2 Å². The molecular weight excluding hydrogens is 295 g/mol. The number of ketones is 1. The average molecular weight is 311 g/mol. The van der Waals surface area contributed by atoms with Crippen molar-refractivity contribution in [3.05, 3.63) is 46.0 Å². The Balaban J connectivity index is 2.28. The maximum atomic E-state index is 13.3. The molecule has 1 aromatic carbocycles. The van der Waals surface area contributed by atoms with E-state index in [1.165, 1.54) is 25.1 Å². The number of aromatic nitrogens is 2. The van der Waals surface area contributed by atoms with Crippen molar-refractivity contribution < 1.29 is 13.9 Å². The quantitative estimate of drug-likeness (QED) is 0.789. The number of benzene rings is 1. The average Bonchev–Trinajstić information content (AvgIpc) is 2.71. The second-order valence-electron chi connectivity index (χ2n) is 4.65. The zero-order valence-electron chi connectivity index (χ0n) is 12.1. The summed E-state index contributed by atoms with van der Waals surface area (Å²) in [5.74, 6) is -0.433. The van der Waals surface area contributed by atoms with Crippen molar-refractivity contribution in [3.63, 3.8) is 0 Å². The molecule has 0 saturated heterocycles. The molecule has 1 aromatic heterocycles. The minimum atomic E-state index is -0.457. The third-order valence-corrected chi connectivity index (χ3v) is 3.63. The Hall–Kier alpha value is -1.88. The van der Waals surface area contributed by atoms with Gasteiger partial charge in [0, 0.05) is 12.6 Å². The highest BCUT2D eigenvalue weighted by molar-refractivity contribution is 6.31. The lowest BCUT2D eigenvalue weighted by Crippen LogP contribution is -2.08. The normalized spacial score (nSPS) is 10.7. The van der Waals surface area contributed by atoms with Crippen LogP contribution in [-0.4, -0.2) is 15.6 Å². The highest BCUT2D eigenvalue weighted by Gasteiger charge is 2.15. The van der Waals surface area contributed by atoms with Crippen molar-refractivity contribution in [3.8, 4) is 5.75 Å². The monoisotopic (exact) mass is 310 g/mol. The topological polar surface area (TPSA) is 44.1 Å². The van der Waals surface area contributed by atoms with E-state index in [0.29, 0.717) is 28.5 Å². The van der Waals surface area contributed by atoms with Gasteiger partial charge in [-0.2, -0.15) is 5.10 Å². The summed E-state index contributed by atoms with van der Waals surface area (Å²) in [5.41, 5.74) is 1.75. The summed E-state index contributed by atoms with van der Waals surface area (Å²) < 4.78 is 20.7. The number of aryl methyl sites for hydroxylation is 2. The van der Waals surface area contributed by atoms with Gasteiger partial charge >= 0.3 is 0 Å². The Labute approximate surface area is 127 Å². The lowest BCUT2D eigenvalue weighted by molar-refractivity contribution is 0.101. The molecule has 0 aliphatic carbocycles. The first kappa shape index (κ1) is 15.5. The van der Waals surface area contributed by atoms with Crippen molar-refractivity contribution in [1.29, 1.82) is 0 Å². The smallest absolute Gasteiger partial charge is 0.163 e. The van der Waals surface area contributed by atoms with Crippen LogP contribution in [0, 0.1) is 12.7 Å². The molecule has 0 spiro atoms. The zero-order valence-corrected chi connectivity index (χ0v) is 12.9. The maximum absolute atomic E-state index is 13.3. The van der Waals surface area contributed by atoms with Crippen LogP contribution in [0.1, 0.15) is 35.6 Å². The van der Waals surface area contributed by atoms with Crippen LogP contribution >= 0.6 is 11.6 Å². The second kappa shape index (κ2) is 6.26. The van der Waals surface area contributed by atoms with E-state index in [1.54, 1.807) is 11.6 Å². The number of nitrogens with zero attached hydrogens (tertiary/aromatic N) is 2. The number of ether oxygens (including phenoxy) is 1. The molecule has 2 rings (SSSR count). The summed E-state index contributed by atoms with van der Waals surface area (Å²) in [7, 11) is 0. The molecular formula is C15H16ClFN2O2. The van der Waals surface area contributed by atoms with E-state index in [2.05, 4.69) is 5.10 Å². The minimum absolute atomic E-state index is 0.122. The van der Waals surface area contributed by atoms with E-state index >= 15 is 0 Å². The summed E-state index contributed by atoms with van der Waals surface area (Å²) >= 11 is 6.19. The third kappa shape index (κ3) is 3.24. The van der Waals surface area contributed by atoms with Gasteiger partial charge in [-0.05, 0) is 32.9 Å². The first-order chi connectivity index (χ1) is 9.93. The van der Waals surface area contributed by atoms with Crippen molar-refractivity contribution in [2.75, 3.05) is 0 Å². The molecule has 0 aliphatic rings. The van der Waals surface area contributed by atoms with Gasteiger partial charge in [0.05, 0.1) is 22.0 Å². The van der Waals surface area contributed by atoms with Crippen LogP contribution in [0.5, 0.6) is 5.75 Å². The van der Waals surface area contributed by atoms with E-state index in [4.69, 9.17) is 16.3 Å². The maximum Gasteiger partial charge on any atom is 0.163 e. The van der Waals surface area contributed by atoms with E-state index in [9.17, 15) is 9.18 Å². The molecule has 0 unspecified atom stereocenters. The number of carbonyl (C=O) groups is 1. The number of halogens is 2. The molecule has 21 heavy (non-hydrogen) atoms. The van der Waals surface area contributed by atoms with E-state index < -0.39 is 5.82 Å². The molecule has 6 heteroatoms. The van der Waals surface area contributed by atoms with Crippen LogP contribution in [0.25, 0.3) is 0 Å². The van der Waals surface area contributed by atoms with Crippen LogP contribution < -0.4 is 4.74 Å². The summed E-state index contributed by atoms with van der Waals surface area (Å²) in [6.45, 7) is 5.93. The van der Waals surface area contributed by atoms with Gasteiger partial charge in [-0.15, -0.1) is 0 Å². The number of carbonyl (C=O) groups excluding carboxylic acids is 1. The minimum Gasteiger partial charge on any atom is -0.486 e. The van der Waals surface area contributed by atoms with E-state index in [-0.39, 0.29) is 18.1 Å². The highest BCUT2D eigenvalue weighted by atomic mass is 35.5. The Kier molecular flexibility index (Phi) is 4.63. The van der Waals surface area contributed by atoms with Crippen molar-refractivity contribution in [2.24, 2.45) is 0 Å².